The van der Waals surface area contributed by atoms with E-state index in [4.69, 9.17) is 0 Å². The molecule has 1 amide bonds. The summed E-state index contributed by atoms with van der Waals surface area (Å²) in [4.78, 5) is 11.9. The predicted octanol–water partition coefficient (Wildman–Crippen LogP) is 3.32. The second-order valence-electron chi connectivity index (χ2n) is 5.87. The third kappa shape index (κ3) is 4.41. The van der Waals surface area contributed by atoms with Gasteiger partial charge >= 0.3 is 0 Å². The molecule has 2 aromatic carbocycles. The van der Waals surface area contributed by atoms with E-state index in [2.05, 4.69) is 27.8 Å². The van der Waals surface area contributed by atoms with Gasteiger partial charge in [0.15, 0.2) is 0 Å². The van der Waals surface area contributed by atoms with Gasteiger partial charge in [0, 0.05) is 5.69 Å². The molecule has 0 spiro atoms. The molecule has 126 valence electrons. The van der Waals surface area contributed by atoms with Crippen molar-refractivity contribution < 1.29 is 4.79 Å². The second-order valence-corrected chi connectivity index (χ2v) is 5.87. The number of hydrogen-bond donors (Lipinski definition) is 1. The second kappa shape index (κ2) is 7.57. The number of amides is 1. The highest BCUT2D eigenvalue weighted by molar-refractivity contribution is 5.83. The molecule has 3 rings (SSSR count). The lowest BCUT2D eigenvalue weighted by Crippen LogP contribution is -2.24. The molecule has 25 heavy (non-hydrogen) atoms. The van der Waals surface area contributed by atoms with Crippen molar-refractivity contribution in [2.24, 2.45) is 5.10 Å². The van der Waals surface area contributed by atoms with Crippen LogP contribution in [0.2, 0.25) is 0 Å². The lowest BCUT2D eigenvalue weighted by molar-refractivity contribution is -0.121. The van der Waals surface area contributed by atoms with Gasteiger partial charge in [0.1, 0.15) is 6.54 Å². The first-order chi connectivity index (χ1) is 12.1. The zero-order chi connectivity index (χ0) is 17.6. The van der Waals surface area contributed by atoms with E-state index in [1.807, 2.05) is 62.4 Å². The van der Waals surface area contributed by atoms with Gasteiger partial charge in [0.2, 0.25) is 0 Å². The van der Waals surface area contributed by atoms with Crippen LogP contribution in [0.25, 0.3) is 11.1 Å². The van der Waals surface area contributed by atoms with Gasteiger partial charge in [0.05, 0.1) is 11.9 Å². The smallest absolute Gasteiger partial charge is 0.261 e. The molecular formula is C20H20N4O. The van der Waals surface area contributed by atoms with E-state index in [1.54, 1.807) is 10.9 Å². The van der Waals surface area contributed by atoms with E-state index in [-0.39, 0.29) is 12.5 Å². The fraction of sp³-hybridized carbons (Fsp3) is 0.150. The number of carbonyl (C=O) groups excluding carboxylic acids is 1. The van der Waals surface area contributed by atoms with Crippen molar-refractivity contribution in [1.82, 2.24) is 15.2 Å². The van der Waals surface area contributed by atoms with E-state index >= 15 is 0 Å². The molecule has 0 aliphatic heterocycles. The van der Waals surface area contributed by atoms with Crippen LogP contribution < -0.4 is 5.43 Å². The van der Waals surface area contributed by atoms with Crippen LogP contribution in [-0.4, -0.2) is 21.9 Å². The fourth-order valence-electron chi connectivity index (χ4n) is 2.58. The third-order valence-electron chi connectivity index (χ3n) is 3.82. The SMILES string of the molecule is Cc1cc(C)n(CC(=O)N/N=C/c2ccc(-c3ccccc3)cc2)n1. The summed E-state index contributed by atoms with van der Waals surface area (Å²) in [7, 11) is 0. The third-order valence-corrected chi connectivity index (χ3v) is 3.82. The number of hydrazone groups is 1. The van der Waals surface area contributed by atoms with Crippen LogP contribution in [0.5, 0.6) is 0 Å². The Bertz CT molecular complexity index is 880. The van der Waals surface area contributed by atoms with E-state index in [0.717, 1.165) is 22.5 Å². The van der Waals surface area contributed by atoms with Gasteiger partial charge in [-0.2, -0.15) is 10.2 Å². The lowest BCUT2D eigenvalue weighted by Gasteiger charge is -2.03. The Hall–Kier alpha value is -3.21. The minimum absolute atomic E-state index is 0.157. The van der Waals surface area contributed by atoms with Gasteiger partial charge in [0.25, 0.3) is 5.91 Å². The first kappa shape index (κ1) is 16.6. The molecule has 5 heteroatoms. The Labute approximate surface area is 147 Å². The van der Waals surface area contributed by atoms with Crippen molar-refractivity contribution in [3.8, 4) is 11.1 Å². The largest absolute Gasteiger partial charge is 0.271 e. The first-order valence-electron chi connectivity index (χ1n) is 8.10. The van der Waals surface area contributed by atoms with E-state index < -0.39 is 0 Å². The number of rotatable bonds is 5. The van der Waals surface area contributed by atoms with E-state index in [0.29, 0.717) is 0 Å². The number of nitrogens with zero attached hydrogens (tertiary/aromatic N) is 3. The van der Waals surface area contributed by atoms with Gasteiger partial charge in [-0.25, -0.2) is 5.43 Å². The fourth-order valence-corrected chi connectivity index (χ4v) is 2.58. The zero-order valence-electron chi connectivity index (χ0n) is 14.3. The van der Waals surface area contributed by atoms with Crippen LogP contribution in [0.15, 0.2) is 65.8 Å². The normalized spacial score (nSPS) is 11.0. The van der Waals surface area contributed by atoms with Crippen molar-refractivity contribution in [2.45, 2.75) is 20.4 Å². The Kier molecular flexibility index (Phi) is 5.04. The van der Waals surface area contributed by atoms with Gasteiger partial charge in [-0.1, -0.05) is 54.6 Å². The molecule has 1 heterocycles. The summed E-state index contributed by atoms with van der Waals surface area (Å²) < 4.78 is 1.66. The molecule has 0 atom stereocenters. The van der Waals surface area contributed by atoms with Crippen LogP contribution in [0.1, 0.15) is 17.0 Å². The van der Waals surface area contributed by atoms with Crippen LogP contribution in [0, 0.1) is 13.8 Å². The molecule has 0 bridgehead atoms. The highest BCUT2D eigenvalue weighted by atomic mass is 16.2. The van der Waals surface area contributed by atoms with Crippen LogP contribution in [-0.2, 0) is 11.3 Å². The number of nitrogens with one attached hydrogen (secondary N) is 1. The highest BCUT2D eigenvalue weighted by Crippen LogP contribution is 2.18. The number of benzene rings is 2. The quantitative estimate of drug-likeness (QED) is 0.575. The number of aromatic nitrogens is 2. The predicted molar refractivity (Wildman–Crippen MR) is 99.3 cm³/mol. The standard InChI is InChI=1S/C20H20N4O/c1-15-12-16(2)24(23-15)14-20(25)22-21-13-17-8-10-19(11-9-17)18-6-4-3-5-7-18/h3-13H,14H2,1-2H3,(H,22,25)/b21-13+. The summed E-state index contributed by atoms with van der Waals surface area (Å²) in [6.45, 7) is 3.98. The summed E-state index contributed by atoms with van der Waals surface area (Å²) in [6, 6.07) is 20.1. The van der Waals surface area contributed by atoms with Crippen molar-refractivity contribution in [1.29, 1.82) is 0 Å². The number of aryl methyl sites for hydroxylation is 2. The van der Waals surface area contributed by atoms with Crippen molar-refractivity contribution in [2.75, 3.05) is 0 Å². The van der Waals surface area contributed by atoms with Crippen molar-refractivity contribution in [3.63, 3.8) is 0 Å². The molecule has 0 aliphatic carbocycles. The number of carbonyl (C=O) groups is 1. The minimum atomic E-state index is -0.205. The Balaban J connectivity index is 1.57. The van der Waals surface area contributed by atoms with Crippen LogP contribution in [0.4, 0.5) is 0 Å². The minimum Gasteiger partial charge on any atom is -0.271 e. The average Bonchev–Trinajstić information content (AvgIpc) is 2.93. The Morgan fingerprint density at radius 1 is 1.08 bits per heavy atom. The van der Waals surface area contributed by atoms with Gasteiger partial charge < -0.3 is 0 Å². The maximum Gasteiger partial charge on any atom is 0.261 e. The van der Waals surface area contributed by atoms with E-state index in [9.17, 15) is 4.79 Å². The molecule has 0 saturated carbocycles. The molecular weight excluding hydrogens is 312 g/mol. The molecule has 0 unspecified atom stereocenters. The lowest BCUT2D eigenvalue weighted by atomic mass is 10.0. The Morgan fingerprint density at radius 3 is 2.40 bits per heavy atom. The molecule has 0 aliphatic rings. The topological polar surface area (TPSA) is 59.3 Å². The molecule has 0 radical (unpaired) electrons. The average molecular weight is 332 g/mol. The summed E-state index contributed by atoms with van der Waals surface area (Å²) >= 11 is 0. The summed E-state index contributed by atoms with van der Waals surface area (Å²) in [5.74, 6) is -0.205. The maximum absolute atomic E-state index is 11.9. The molecule has 0 fully saturated rings. The first-order valence-corrected chi connectivity index (χ1v) is 8.10. The monoisotopic (exact) mass is 332 g/mol. The molecule has 0 saturated heterocycles. The highest BCUT2D eigenvalue weighted by Gasteiger charge is 2.05. The van der Waals surface area contributed by atoms with Gasteiger partial charge in [-0.05, 0) is 36.6 Å². The van der Waals surface area contributed by atoms with Gasteiger partial charge in [-0.3, -0.25) is 9.48 Å². The van der Waals surface area contributed by atoms with Gasteiger partial charge in [-0.15, -0.1) is 0 Å². The summed E-state index contributed by atoms with van der Waals surface area (Å²) in [6.07, 6.45) is 1.63. The molecule has 3 aromatic rings. The summed E-state index contributed by atoms with van der Waals surface area (Å²) in [5.41, 5.74) is 7.62. The number of hydrogen-bond acceptors (Lipinski definition) is 3. The van der Waals surface area contributed by atoms with Crippen LogP contribution in [0.3, 0.4) is 0 Å². The maximum atomic E-state index is 11.9. The summed E-state index contributed by atoms with van der Waals surface area (Å²) in [5, 5.41) is 8.27. The van der Waals surface area contributed by atoms with Crippen LogP contribution >= 0.6 is 0 Å². The molecule has 1 aromatic heterocycles. The van der Waals surface area contributed by atoms with Crippen molar-refractivity contribution in [3.05, 3.63) is 77.6 Å². The Morgan fingerprint density at radius 2 is 1.76 bits per heavy atom. The molecule has 5 nitrogen and oxygen atoms in total. The van der Waals surface area contributed by atoms with Crippen molar-refractivity contribution >= 4 is 12.1 Å². The van der Waals surface area contributed by atoms with E-state index in [1.165, 1.54) is 5.56 Å². The zero-order valence-corrected chi connectivity index (χ0v) is 14.3. The molecule has 1 N–H and O–H groups in total.